The molecule has 2 aromatic heterocycles. The first kappa shape index (κ1) is 15.1. The molecule has 0 saturated heterocycles. The lowest BCUT2D eigenvalue weighted by atomic mass is 10.2. The lowest BCUT2D eigenvalue weighted by Gasteiger charge is -2.05. The van der Waals surface area contributed by atoms with E-state index in [0.29, 0.717) is 22.4 Å². The van der Waals surface area contributed by atoms with Gasteiger partial charge in [-0.2, -0.15) is 0 Å². The lowest BCUT2D eigenvalue weighted by molar-refractivity contribution is 0.476. The molecule has 2 heterocycles. The summed E-state index contributed by atoms with van der Waals surface area (Å²) in [7, 11) is 0. The molecule has 0 aliphatic carbocycles. The molecule has 22 heavy (non-hydrogen) atoms. The van der Waals surface area contributed by atoms with Crippen LogP contribution in [0.15, 0.2) is 40.0 Å². The Labute approximate surface area is 136 Å². The highest BCUT2D eigenvalue weighted by atomic mass is 35.5. The number of nitrogens with zero attached hydrogens (tertiary/aromatic N) is 5. The highest BCUT2D eigenvalue weighted by Gasteiger charge is 2.12. The molecule has 0 bridgehead atoms. The number of aromatic nitrogens is 5. The zero-order valence-corrected chi connectivity index (χ0v) is 13.7. The minimum absolute atomic E-state index is 0.212. The van der Waals surface area contributed by atoms with Crippen LogP contribution in [-0.4, -0.2) is 25.2 Å². The zero-order valence-electron chi connectivity index (χ0n) is 12.1. The predicted molar refractivity (Wildman–Crippen MR) is 84.7 cm³/mol. The van der Waals surface area contributed by atoms with Crippen LogP contribution in [0.2, 0.25) is 5.02 Å². The van der Waals surface area contributed by atoms with Crippen molar-refractivity contribution in [3.63, 3.8) is 0 Å². The van der Waals surface area contributed by atoms with Crippen LogP contribution in [0.5, 0.6) is 0 Å². The van der Waals surface area contributed by atoms with Gasteiger partial charge in [0.2, 0.25) is 11.0 Å². The molecule has 0 spiro atoms. The maximum Gasteiger partial charge on any atom is 0.210 e. The van der Waals surface area contributed by atoms with Crippen LogP contribution in [0.25, 0.3) is 11.3 Å². The maximum atomic E-state index is 5.99. The van der Waals surface area contributed by atoms with Gasteiger partial charge in [0.15, 0.2) is 5.76 Å². The quantitative estimate of drug-likeness (QED) is 0.659. The monoisotopic (exact) mass is 335 g/mol. The molecule has 3 aromatic rings. The van der Waals surface area contributed by atoms with E-state index in [-0.39, 0.29) is 6.04 Å². The van der Waals surface area contributed by atoms with Crippen LogP contribution in [0.1, 0.15) is 25.8 Å². The summed E-state index contributed by atoms with van der Waals surface area (Å²) in [6.07, 6.45) is 1.70. The van der Waals surface area contributed by atoms with Crippen LogP contribution in [0.3, 0.4) is 0 Å². The Hall–Kier alpha value is -1.86. The van der Waals surface area contributed by atoms with Crippen LogP contribution in [0.4, 0.5) is 0 Å². The van der Waals surface area contributed by atoms with Gasteiger partial charge in [0, 0.05) is 10.6 Å². The molecular weight excluding hydrogens is 322 g/mol. The molecule has 0 aliphatic heterocycles. The van der Waals surface area contributed by atoms with Gasteiger partial charge in [0.25, 0.3) is 0 Å². The van der Waals surface area contributed by atoms with E-state index in [0.717, 1.165) is 10.7 Å². The van der Waals surface area contributed by atoms with Gasteiger partial charge in [0.1, 0.15) is 0 Å². The van der Waals surface area contributed by atoms with Crippen molar-refractivity contribution in [2.45, 2.75) is 30.8 Å². The second-order valence-electron chi connectivity index (χ2n) is 4.92. The zero-order chi connectivity index (χ0) is 15.5. The fourth-order valence-corrected chi connectivity index (χ4v) is 2.93. The van der Waals surface area contributed by atoms with Gasteiger partial charge < -0.3 is 4.42 Å². The van der Waals surface area contributed by atoms with Crippen molar-refractivity contribution in [1.29, 1.82) is 0 Å². The fourth-order valence-electron chi connectivity index (χ4n) is 1.88. The maximum absolute atomic E-state index is 5.99. The molecule has 0 fully saturated rings. The highest BCUT2D eigenvalue weighted by molar-refractivity contribution is 7.98. The summed E-state index contributed by atoms with van der Waals surface area (Å²) >= 11 is 7.48. The minimum Gasteiger partial charge on any atom is -0.440 e. The summed E-state index contributed by atoms with van der Waals surface area (Å²) < 4.78 is 7.52. The molecule has 0 radical (unpaired) electrons. The summed E-state index contributed by atoms with van der Waals surface area (Å²) in [6, 6.07) is 7.69. The highest BCUT2D eigenvalue weighted by Crippen LogP contribution is 2.26. The summed E-state index contributed by atoms with van der Waals surface area (Å²) in [6.45, 7) is 4.06. The smallest absolute Gasteiger partial charge is 0.210 e. The van der Waals surface area contributed by atoms with Crippen LogP contribution in [-0.2, 0) is 5.75 Å². The van der Waals surface area contributed by atoms with Crippen LogP contribution >= 0.6 is 23.4 Å². The van der Waals surface area contributed by atoms with Gasteiger partial charge in [-0.05, 0) is 36.4 Å². The van der Waals surface area contributed by atoms with E-state index in [1.54, 1.807) is 10.9 Å². The van der Waals surface area contributed by atoms with E-state index in [1.165, 1.54) is 11.8 Å². The van der Waals surface area contributed by atoms with Crippen molar-refractivity contribution in [2.75, 3.05) is 0 Å². The average molecular weight is 336 g/mol. The molecule has 3 rings (SSSR count). The lowest BCUT2D eigenvalue weighted by Crippen LogP contribution is -2.04. The van der Waals surface area contributed by atoms with Gasteiger partial charge in [-0.1, -0.05) is 35.5 Å². The standard InChI is InChI=1S/C14H14ClN5OS/c1-9(2)20-14(17-18-19-20)22-8-13-16-7-12(21-13)10-4-3-5-11(15)6-10/h3-7,9H,8H2,1-2H3. The number of tetrazole rings is 1. The molecule has 0 N–H and O–H groups in total. The first-order valence-corrected chi connectivity index (χ1v) is 8.11. The summed E-state index contributed by atoms with van der Waals surface area (Å²) in [4.78, 5) is 4.29. The number of benzene rings is 1. The molecular formula is C14H14ClN5OS. The van der Waals surface area contributed by atoms with Crippen molar-refractivity contribution < 1.29 is 4.42 Å². The Morgan fingerprint density at radius 1 is 1.36 bits per heavy atom. The number of thioether (sulfide) groups is 1. The Morgan fingerprint density at radius 3 is 3.00 bits per heavy atom. The number of rotatable bonds is 5. The third-order valence-corrected chi connectivity index (χ3v) is 4.09. The predicted octanol–water partition coefficient (Wildman–Crippen LogP) is 3.85. The Bertz CT molecular complexity index is 770. The first-order chi connectivity index (χ1) is 10.6. The third kappa shape index (κ3) is 3.31. The Morgan fingerprint density at radius 2 is 2.23 bits per heavy atom. The third-order valence-electron chi connectivity index (χ3n) is 2.94. The number of hydrogen-bond donors (Lipinski definition) is 0. The summed E-state index contributed by atoms with van der Waals surface area (Å²) in [5.41, 5.74) is 0.906. The van der Waals surface area contributed by atoms with Crippen molar-refractivity contribution in [1.82, 2.24) is 25.2 Å². The minimum atomic E-state index is 0.212. The van der Waals surface area contributed by atoms with Gasteiger partial charge in [-0.15, -0.1) is 5.10 Å². The molecule has 0 unspecified atom stereocenters. The van der Waals surface area contributed by atoms with E-state index < -0.39 is 0 Å². The van der Waals surface area contributed by atoms with Gasteiger partial charge in [-0.3, -0.25) is 0 Å². The van der Waals surface area contributed by atoms with Crippen molar-refractivity contribution >= 4 is 23.4 Å². The Kier molecular flexibility index (Phi) is 4.44. The number of oxazole rings is 1. The van der Waals surface area contributed by atoms with E-state index >= 15 is 0 Å². The van der Waals surface area contributed by atoms with Crippen molar-refractivity contribution in [3.05, 3.63) is 41.4 Å². The topological polar surface area (TPSA) is 69.6 Å². The van der Waals surface area contributed by atoms with Crippen molar-refractivity contribution in [3.8, 4) is 11.3 Å². The summed E-state index contributed by atoms with van der Waals surface area (Å²) in [5.74, 6) is 1.88. The van der Waals surface area contributed by atoms with Gasteiger partial charge in [-0.25, -0.2) is 9.67 Å². The molecule has 0 aliphatic rings. The second-order valence-corrected chi connectivity index (χ2v) is 6.30. The summed E-state index contributed by atoms with van der Waals surface area (Å²) in [5, 5.41) is 13.1. The average Bonchev–Trinajstić information content (AvgIpc) is 3.14. The van der Waals surface area contributed by atoms with E-state index in [1.807, 2.05) is 38.1 Å². The van der Waals surface area contributed by atoms with E-state index in [4.69, 9.17) is 16.0 Å². The normalized spacial score (nSPS) is 11.3. The SMILES string of the molecule is CC(C)n1nnnc1SCc1ncc(-c2cccc(Cl)c2)o1. The molecule has 1 aromatic carbocycles. The molecule has 0 atom stereocenters. The molecule has 6 nitrogen and oxygen atoms in total. The molecule has 114 valence electrons. The van der Waals surface area contributed by atoms with E-state index in [2.05, 4.69) is 20.5 Å². The van der Waals surface area contributed by atoms with Gasteiger partial charge >= 0.3 is 0 Å². The molecule has 0 amide bonds. The molecule has 0 saturated carbocycles. The molecule has 8 heteroatoms. The fraction of sp³-hybridized carbons (Fsp3) is 0.286. The van der Waals surface area contributed by atoms with Crippen LogP contribution < -0.4 is 0 Å². The number of hydrogen-bond acceptors (Lipinski definition) is 6. The van der Waals surface area contributed by atoms with Gasteiger partial charge in [0.05, 0.1) is 18.0 Å². The Balaban J connectivity index is 1.71. The van der Waals surface area contributed by atoms with E-state index in [9.17, 15) is 0 Å². The van der Waals surface area contributed by atoms with Crippen LogP contribution in [0, 0.1) is 0 Å². The first-order valence-electron chi connectivity index (χ1n) is 6.75. The second kappa shape index (κ2) is 6.50. The largest absolute Gasteiger partial charge is 0.440 e. The number of halogens is 1. The van der Waals surface area contributed by atoms with Crippen molar-refractivity contribution in [2.24, 2.45) is 0 Å².